The Balaban J connectivity index is 1.59. The summed E-state index contributed by atoms with van der Waals surface area (Å²) in [5.41, 5.74) is 1.20. The minimum atomic E-state index is -0.0602. The highest BCUT2D eigenvalue weighted by Crippen LogP contribution is 2.28. The minimum Gasteiger partial charge on any atom is -0.495 e. The maximum atomic E-state index is 11.3. The van der Waals surface area contributed by atoms with Crippen LogP contribution in [0, 0.1) is 0 Å². The standard InChI is InChI=1S/C20H32N2O3/c1-3-25-20(23)12-6-4-5-9-13-21-14-16-22(17-15-21)18-10-7-8-11-19(18)24-2/h7-8,10-11H,3-6,9,12-17H2,1-2H3. The first kappa shape index (κ1) is 19.6. The van der Waals surface area contributed by atoms with Crippen LogP contribution in [0.3, 0.4) is 0 Å². The molecule has 0 amide bonds. The zero-order valence-electron chi connectivity index (χ0n) is 15.7. The molecule has 1 aromatic rings. The number of piperazine rings is 1. The third-order valence-corrected chi connectivity index (χ3v) is 4.71. The lowest BCUT2D eigenvalue weighted by Gasteiger charge is -2.36. The molecule has 1 aliphatic rings. The Morgan fingerprint density at radius 2 is 1.76 bits per heavy atom. The maximum Gasteiger partial charge on any atom is 0.305 e. The summed E-state index contributed by atoms with van der Waals surface area (Å²) < 4.78 is 10.4. The molecule has 5 heteroatoms. The van der Waals surface area contributed by atoms with E-state index >= 15 is 0 Å². The van der Waals surface area contributed by atoms with Gasteiger partial charge in [-0.1, -0.05) is 25.0 Å². The molecule has 0 spiro atoms. The molecule has 0 aliphatic carbocycles. The second kappa shape index (κ2) is 11.0. The molecule has 0 atom stereocenters. The van der Waals surface area contributed by atoms with Crippen molar-refractivity contribution in [2.24, 2.45) is 0 Å². The van der Waals surface area contributed by atoms with Crippen LogP contribution in [0.1, 0.15) is 39.0 Å². The first-order valence-electron chi connectivity index (χ1n) is 9.50. The van der Waals surface area contributed by atoms with Gasteiger partial charge in [0.1, 0.15) is 5.75 Å². The number of para-hydroxylation sites is 2. The zero-order valence-corrected chi connectivity index (χ0v) is 15.7. The fourth-order valence-corrected chi connectivity index (χ4v) is 3.29. The van der Waals surface area contributed by atoms with E-state index in [2.05, 4.69) is 21.9 Å². The Morgan fingerprint density at radius 1 is 1.04 bits per heavy atom. The Labute approximate surface area is 151 Å². The van der Waals surface area contributed by atoms with Crippen LogP contribution in [0.25, 0.3) is 0 Å². The summed E-state index contributed by atoms with van der Waals surface area (Å²) in [5.74, 6) is 0.896. The molecule has 5 nitrogen and oxygen atoms in total. The number of benzene rings is 1. The van der Waals surface area contributed by atoms with Gasteiger partial charge in [-0.2, -0.15) is 0 Å². The normalized spacial score (nSPS) is 15.2. The number of ether oxygens (including phenoxy) is 2. The molecule has 1 fully saturated rings. The smallest absolute Gasteiger partial charge is 0.305 e. The Morgan fingerprint density at radius 3 is 2.48 bits per heavy atom. The number of hydrogen-bond acceptors (Lipinski definition) is 5. The summed E-state index contributed by atoms with van der Waals surface area (Å²) in [7, 11) is 1.73. The van der Waals surface area contributed by atoms with Gasteiger partial charge in [0.15, 0.2) is 0 Å². The van der Waals surface area contributed by atoms with Crippen molar-refractivity contribution in [3.63, 3.8) is 0 Å². The van der Waals surface area contributed by atoms with E-state index in [1.165, 1.54) is 18.5 Å². The average molecular weight is 348 g/mol. The number of anilines is 1. The second-order valence-electron chi connectivity index (χ2n) is 6.47. The molecule has 0 bridgehead atoms. The Kier molecular flexibility index (Phi) is 8.60. The summed E-state index contributed by atoms with van der Waals surface area (Å²) in [6.07, 6.45) is 5.01. The summed E-state index contributed by atoms with van der Waals surface area (Å²) in [6, 6.07) is 8.25. The lowest BCUT2D eigenvalue weighted by atomic mass is 10.1. The predicted octanol–water partition coefficient (Wildman–Crippen LogP) is 3.33. The van der Waals surface area contributed by atoms with Crippen LogP contribution in [0.4, 0.5) is 5.69 Å². The molecular formula is C20H32N2O3. The van der Waals surface area contributed by atoms with Gasteiger partial charge in [-0.05, 0) is 38.4 Å². The summed E-state index contributed by atoms with van der Waals surface area (Å²) >= 11 is 0. The first-order valence-corrected chi connectivity index (χ1v) is 9.50. The summed E-state index contributed by atoms with van der Waals surface area (Å²) in [5, 5.41) is 0. The van der Waals surface area contributed by atoms with Gasteiger partial charge < -0.3 is 14.4 Å². The molecule has 0 radical (unpaired) electrons. The number of carbonyl (C=O) groups excluding carboxylic acids is 1. The van der Waals surface area contributed by atoms with Gasteiger partial charge >= 0.3 is 5.97 Å². The highest BCUT2D eigenvalue weighted by Gasteiger charge is 2.18. The van der Waals surface area contributed by atoms with E-state index < -0.39 is 0 Å². The van der Waals surface area contributed by atoms with Gasteiger partial charge in [-0.3, -0.25) is 9.69 Å². The van der Waals surface area contributed by atoms with E-state index in [4.69, 9.17) is 9.47 Å². The maximum absolute atomic E-state index is 11.3. The van der Waals surface area contributed by atoms with Crippen LogP contribution in [0.2, 0.25) is 0 Å². The number of unbranched alkanes of at least 4 members (excludes halogenated alkanes) is 3. The van der Waals surface area contributed by atoms with Gasteiger partial charge in [0.2, 0.25) is 0 Å². The fourth-order valence-electron chi connectivity index (χ4n) is 3.29. The number of carbonyl (C=O) groups is 1. The Bertz CT molecular complexity index is 513. The van der Waals surface area contributed by atoms with Crippen LogP contribution >= 0.6 is 0 Å². The topological polar surface area (TPSA) is 42.0 Å². The van der Waals surface area contributed by atoms with E-state index in [0.717, 1.165) is 51.3 Å². The third-order valence-electron chi connectivity index (χ3n) is 4.71. The average Bonchev–Trinajstić information content (AvgIpc) is 2.65. The SMILES string of the molecule is CCOC(=O)CCCCCCN1CCN(c2ccccc2OC)CC1. The molecule has 1 aliphatic heterocycles. The van der Waals surface area contributed by atoms with Crippen LogP contribution in [-0.2, 0) is 9.53 Å². The monoisotopic (exact) mass is 348 g/mol. The van der Waals surface area contributed by atoms with Crippen LogP contribution in [-0.4, -0.2) is 57.3 Å². The molecule has 25 heavy (non-hydrogen) atoms. The van der Waals surface area contributed by atoms with Crippen LogP contribution in [0.15, 0.2) is 24.3 Å². The second-order valence-corrected chi connectivity index (χ2v) is 6.47. The van der Waals surface area contributed by atoms with Crippen molar-refractivity contribution in [1.29, 1.82) is 0 Å². The van der Waals surface area contributed by atoms with Crippen molar-refractivity contribution in [2.75, 3.05) is 51.3 Å². The molecule has 0 unspecified atom stereocenters. The lowest BCUT2D eigenvalue weighted by Crippen LogP contribution is -2.46. The van der Waals surface area contributed by atoms with Gasteiger partial charge in [0.05, 0.1) is 19.4 Å². The molecule has 1 saturated heterocycles. The van der Waals surface area contributed by atoms with Crippen molar-refractivity contribution in [1.82, 2.24) is 4.90 Å². The van der Waals surface area contributed by atoms with Crippen molar-refractivity contribution in [3.8, 4) is 5.75 Å². The van der Waals surface area contributed by atoms with Crippen molar-refractivity contribution in [2.45, 2.75) is 39.0 Å². The van der Waals surface area contributed by atoms with Gasteiger partial charge in [0.25, 0.3) is 0 Å². The van der Waals surface area contributed by atoms with Crippen molar-refractivity contribution < 1.29 is 14.3 Å². The predicted molar refractivity (Wildman–Crippen MR) is 101 cm³/mol. The molecule has 0 aromatic heterocycles. The summed E-state index contributed by atoms with van der Waals surface area (Å²) in [6.45, 7) is 7.78. The number of rotatable bonds is 10. The van der Waals surface area contributed by atoms with Crippen LogP contribution in [0.5, 0.6) is 5.75 Å². The largest absolute Gasteiger partial charge is 0.495 e. The van der Waals surface area contributed by atoms with Gasteiger partial charge in [-0.25, -0.2) is 0 Å². The van der Waals surface area contributed by atoms with Gasteiger partial charge in [0, 0.05) is 32.6 Å². The number of hydrogen-bond donors (Lipinski definition) is 0. The number of nitrogens with zero attached hydrogens (tertiary/aromatic N) is 2. The molecule has 1 aromatic carbocycles. The molecule has 1 heterocycles. The highest BCUT2D eigenvalue weighted by molar-refractivity contribution is 5.69. The molecular weight excluding hydrogens is 316 g/mol. The minimum absolute atomic E-state index is 0.0602. The van der Waals surface area contributed by atoms with Crippen molar-refractivity contribution >= 4 is 11.7 Å². The fraction of sp³-hybridized carbons (Fsp3) is 0.650. The highest BCUT2D eigenvalue weighted by atomic mass is 16.5. The van der Waals surface area contributed by atoms with Crippen molar-refractivity contribution in [3.05, 3.63) is 24.3 Å². The lowest BCUT2D eigenvalue weighted by molar-refractivity contribution is -0.143. The number of methoxy groups -OCH3 is 1. The zero-order chi connectivity index (χ0) is 17.9. The van der Waals surface area contributed by atoms with E-state index in [1.807, 2.05) is 19.1 Å². The summed E-state index contributed by atoms with van der Waals surface area (Å²) in [4.78, 5) is 16.2. The van der Waals surface area contributed by atoms with E-state index in [9.17, 15) is 4.79 Å². The van der Waals surface area contributed by atoms with E-state index in [0.29, 0.717) is 13.0 Å². The molecule has 140 valence electrons. The Hall–Kier alpha value is -1.75. The van der Waals surface area contributed by atoms with Crippen LogP contribution < -0.4 is 9.64 Å². The molecule has 0 saturated carbocycles. The molecule has 2 rings (SSSR count). The van der Waals surface area contributed by atoms with Gasteiger partial charge in [-0.15, -0.1) is 0 Å². The molecule has 0 N–H and O–H groups in total. The van der Waals surface area contributed by atoms with E-state index in [1.54, 1.807) is 7.11 Å². The first-order chi connectivity index (χ1) is 12.2. The number of esters is 1. The van der Waals surface area contributed by atoms with E-state index in [-0.39, 0.29) is 5.97 Å². The quantitative estimate of drug-likeness (QED) is 0.479. The third kappa shape index (κ3) is 6.58.